The fraction of sp³-hybridized carbons (Fsp3) is 0.250. The van der Waals surface area contributed by atoms with E-state index in [2.05, 4.69) is 31.2 Å². The van der Waals surface area contributed by atoms with Crippen LogP contribution in [-0.4, -0.2) is 32.1 Å². The first-order valence-corrected chi connectivity index (χ1v) is 13.7. The molecule has 0 aliphatic carbocycles. The summed E-state index contributed by atoms with van der Waals surface area (Å²) < 4.78 is 7.41. The number of anilines is 1. The van der Waals surface area contributed by atoms with Crippen molar-refractivity contribution in [1.82, 2.24) is 19.9 Å². The molecule has 0 fully saturated rings. The van der Waals surface area contributed by atoms with Gasteiger partial charge >= 0.3 is 6.09 Å². The number of ether oxygens (including phenoxy) is 1. The van der Waals surface area contributed by atoms with E-state index in [0.717, 1.165) is 44.1 Å². The fourth-order valence-electron chi connectivity index (χ4n) is 4.93. The lowest BCUT2D eigenvalue weighted by molar-refractivity contribution is 0.0635. The average Bonchev–Trinajstić information content (AvgIpc) is 3.25. The summed E-state index contributed by atoms with van der Waals surface area (Å²) in [7, 11) is 0. The van der Waals surface area contributed by atoms with Gasteiger partial charge in [0.1, 0.15) is 5.60 Å². The normalized spacial score (nSPS) is 11.6. The number of nitrogens with one attached hydrogen (secondary N) is 2. The number of nitrogens with zero attached hydrogens (tertiary/aromatic N) is 3. The van der Waals surface area contributed by atoms with Gasteiger partial charge in [-0.25, -0.2) is 4.79 Å². The van der Waals surface area contributed by atoms with Gasteiger partial charge in [0.15, 0.2) is 0 Å². The highest BCUT2D eigenvalue weighted by molar-refractivity contribution is 6.31. The molecule has 2 amide bonds. The van der Waals surface area contributed by atoms with Gasteiger partial charge in [0.05, 0.1) is 21.6 Å². The lowest BCUT2D eigenvalue weighted by atomic mass is 10.0. The van der Waals surface area contributed by atoms with E-state index < -0.39 is 11.7 Å². The van der Waals surface area contributed by atoms with Gasteiger partial charge in [-0.2, -0.15) is 0 Å². The number of hydrogen-bond acceptors (Lipinski definition) is 5. The molecule has 0 saturated carbocycles. The SMILES string of the molecule is Cc1cc(NC(=O)OC(C)(C)C)cc(C)c1CNC(=O)c1cn(Cc2ccc3ncc(Cl)cc3c2)c2ccncc12. The summed E-state index contributed by atoms with van der Waals surface area (Å²) in [6.45, 7) is 10.3. The second-order valence-corrected chi connectivity index (χ2v) is 11.6. The first-order valence-electron chi connectivity index (χ1n) is 13.3. The minimum atomic E-state index is -0.585. The molecule has 0 radical (unpaired) electrons. The number of amides is 2. The molecule has 8 nitrogen and oxygen atoms in total. The van der Waals surface area contributed by atoms with E-state index in [1.54, 1.807) is 18.6 Å². The number of aromatic nitrogens is 3. The van der Waals surface area contributed by atoms with Gasteiger partial charge in [0.2, 0.25) is 0 Å². The summed E-state index contributed by atoms with van der Waals surface area (Å²) >= 11 is 6.15. The molecule has 3 heterocycles. The van der Waals surface area contributed by atoms with Gasteiger partial charge < -0.3 is 14.6 Å². The summed E-state index contributed by atoms with van der Waals surface area (Å²) in [4.78, 5) is 34.3. The van der Waals surface area contributed by atoms with Gasteiger partial charge in [-0.15, -0.1) is 0 Å². The zero-order valence-electron chi connectivity index (χ0n) is 23.7. The molecule has 3 aromatic heterocycles. The average molecular weight is 570 g/mol. The van der Waals surface area contributed by atoms with Crippen LogP contribution in [0.3, 0.4) is 0 Å². The molecule has 0 atom stereocenters. The van der Waals surface area contributed by atoms with Gasteiger partial charge in [-0.05, 0) is 93.3 Å². The van der Waals surface area contributed by atoms with E-state index in [9.17, 15) is 9.59 Å². The standard InChI is InChI=1S/C32H32ClN5O3/c1-19-10-24(37-31(40)41-32(3,4)5)11-20(2)25(19)16-36-30(39)27-18-38(29-8-9-34-15-26(27)29)17-21-6-7-28-22(12-21)13-23(33)14-35-28/h6-15,18H,16-17H2,1-5H3,(H,36,39)(H,37,40). The van der Waals surface area contributed by atoms with Crippen LogP contribution in [0, 0.1) is 13.8 Å². The van der Waals surface area contributed by atoms with Crippen LogP contribution in [0.15, 0.2) is 67.3 Å². The van der Waals surface area contributed by atoms with Gasteiger partial charge in [0.25, 0.3) is 5.91 Å². The second kappa shape index (κ2) is 11.2. The molecule has 210 valence electrons. The molecule has 2 aromatic carbocycles. The predicted octanol–water partition coefficient (Wildman–Crippen LogP) is 7.18. The van der Waals surface area contributed by atoms with E-state index in [4.69, 9.17) is 16.3 Å². The molecule has 0 spiro atoms. The number of carbonyl (C=O) groups excluding carboxylic acids is 2. The van der Waals surface area contributed by atoms with Crippen molar-refractivity contribution in [3.05, 3.63) is 100 Å². The number of benzene rings is 2. The molecule has 5 rings (SSSR count). The zero-order chi connectivity index (χ0) is 29.3. The van der Waals surface area contributed by atoms with E-state index in [-0.39, 0.29) is 5.91 Å². The van der Waals surface area contributed by atoms with Crippen LogP contribution in [0.1, 0.15) is 53.4 Å². The Morgan fingerprint density at radius 3 is 2.51 bits per heavy atom. The van der Waals surface area contributed by atoms with Crippen molar-refractivity contribution in [2.75, 3.05) is 5.32 Å². The van der Waals surface area contributed by atoms with Gasteiger partial charge in [0, 0.05) is 54.3 Å². The van der Waals surface area contributed by atoms with Crippen LogP contribution in [0.4, 0.5) is 10.5 Å². The number of pyridine rings is 2. The smallest absolute Gasteiger partial charge is 0.412 e. The third-order valence-corrected chi connectivity index (χ3v) is 6.97. The molecule has 0 unspecified atom stereocenters. The minimum absolute atomic E-state index is 0.189. The van der Waals surface area contributed by atoms with Crippen LogP contribution in [0.2, 0.25) is 5.02 Å². The Labute approximate surface area is 243 Å². The molecule has 0 aliphatic rings. The minimum Gasteiger partial charge on any atom is -0.444 e. The maximum Gasteiger partial charge on any atom is 0.412 e. The van der Waals surface area contributed by atoms with E-state index >= 15 is 0 Å². The summed E-state index contributed by atoms with van der Waals surface area (Å²) in [6.07, 6.45) is 6.45. The van der Waals surface area contributed by atoms with Crippen molar-refractivity contribution in [3.63, 3.8) is 0 Å². The second-order valence-electron chi connectivity index (χ2n) is 11.1. The van der Waals surface area contributed by atoms with Crippen LogP contribution in [-0.2, 0) is 17.8 Å². The maximum atomic E-state index is 13.4. The van der Waals surface area contributed by atoms with Crippen molar-refractivity contribution >= 4 is 51.1 Å². The van der Waals surface area contributed by atoms with Crippen LogP contribution in [0.5, 0.6) is 0 Å². The van der Waals surface area contributed by atoms with Crippen LogP contribution in [0.25, 0.3) is 21.8 Å². The number of carbonyl (C=O) groups is 2. The number of halogens is 1. The first kappa shape index (κ1) is 28.1. The quantitative estimate of drug-likeness (QED) is 0.226. The molecule has 5 aromatic rings. The molecule has 0 saturated heterocycles. The highest BCUT2D eigenvalue weighted by atomic mass is 35.5. The topological polar surface area (TPSA) is 98.1 Å². The molecular weight excluding hydrogens is 538 g/mol. The first-order chi connectivity index (χ1) is 19.5. The Hall–Kier alpha value is -4.43. The number of aryl methyl sites for hydroxylation is 2. The van der Waals surface area contributed by atoms with Crippen molar-refractivity contribution in [3.8, 4) is 0 Å². The highest BCUT2D eigenvalue weighted by Crippen LogP contribution is 2.25. The molecule has 0 bridgehead atoms. The predicted molar refractivity (Wildman–Crippen MR) is 163 cm³/mol. The lowest BCUT2D eigenvalue weighted by Gasteiger charge is -2.20. The van der Waals surface area contributed by atoms with Crippen molar-refractivity contribution in [1.29, 1.82) is 0 Å². The van der Waals surface area contributed by atoms with Crippen molar-refractivity contribution in [2.24, 2.45) is 0 Å². The summed E-state index contributed by atoms with van der Waals surface area (Å²) in [5.74, 6) is -0.189. The van der Waals surface area contributed by atoms with Crippen LogP contribution < -0.4 is 10.6 Å². The third kappa shape index (κ3) is 6.49. The van der Waals surface area contributed by atoms with Gasteiger partial charge in [-0.3, -0.25) is 20.1 Å². The summed E-state index contributed by atoms with van der Waals surface area (Å²) in [6, 6.07) is 13.6. The highest BCUT2D eigenvalue weighted by Gasteiger charge is 2.18. The van der Waals surface area contributed by atoms with E-state index in [1.165, 1.54) is 0 Å². The maximum absolute atomic E-state index is 13.4. The molecule has 41 heavy (non-hydrogen) atoms. The Bertz CT molecular complexity index is 1770. The summed E-state index contributed by atoms with van der Waals surface area (Å²) in [5, 5.41) is 8.19. The van der Waals surface area contributed by atoms with E-state index in [0.29, 0.717) is 29.4 Å². The van der Waals surface area contributed by atoms with Crippen molar-refractivity contribution in [2.45, 2.75) is 53.3 Å². The molecule has 9 heteroatoms. The third-order valence-electron chi connectivity index (χ3n) is 6.76. The molecule has 0 aliphatic heterocycles. The van der Waals surface area contributed by atoms with Crippen molar-refractivity contribution < 1.29 is 14.3 Å². The van der Waals surface area contributed by atoms with Crippen LogP contribution >= 0.6 is 11.6 Å². The lowest BCUT2D eigenvalue weighted by Crippen LogP contribution is -2.27. The Morgan fingerprint density at radius 1 is 1.02 bits per heavy atom. The van der Waals surface area contributed by atoms with Gasteiger partial charge in [-0.1, -0.05) is 17.7 Å². The Kier molecular flexibility index (Phi) is 7.69. The van der Waals surface area contributed by atoms with E-state index in [1.807, 2.05) is 77.2 Å². The Balaban J connectivity index is 1.34. The largest absolute Gasteiger partial charge is 0.444 e. The number of rotatable bonds is 6. The zero-order valence-corrected chi connectivity index (χ0v) is 24.5. The number of fused-ring (bicyclic) bond motifs is 2. The molecular formula is C32H32ClN5O3. The fourth-order valence-corrected chi connectivity index (χ4v) is 5.10. The summed E-state index contributed by atoms with van der Waals surface area (Å²) in [5.41, 5.74) is 6.35. The molecule has 2 N–H and O–H groups in total. The monoisotopic (exact) mass is 569 g/mol. The number of hydrogen-bond donors (Lipinski definition) is 2. The Morgan fingerprint density at radius 2 is 1.78 bits per heavy atom.